The first-order valence-electron chi connectivity index (χ1n) is 17.1. The summed E-state index contributed by atoms with van der Waals surface area (Å²) in [7, 11) is 0. The fraction of sp³-hybridized carbons (Fsp3) is 0.333. The van der Waals surface area contributed by atoms with Gasteiger partial charge in [-0.25, -0.2) is 4.98 Å². The van der Waals surface area contributed by atoms with Crippen LogP contribution in [0.25, 0.3) is 17.2 Å². The van der Waals surface area contributed by atoms with Gasteiger partial charge in [0.2, 0.25) is 11.7 Å². The molecule has 18 heteroatoms. The van der Waals surface area contributed by atoms with Gasteiger partial charge in [0.05, 0.1) is 34.1 Å². The molecule has 7 rings (SSSR count). The van der Waals surface area contributed by atoms with E-state index < -0.39 is 41.3 Å². The quantitative estimate of drug-likeness (QED) is 0.108. The van der Waals surface area contributed by atoms with Crippen molar-refractivity contribution in [2.45, 2.75) is 57.0 Å². The molecule has 5 heterocycles. The third-order valence-electron chi connectivity index (χ3n) is 9.73. The Kier molecular flexibility index (Phi) is 10.4. The van der Waals surface area contributed by atoms with Crippen LogP contribution in [0.1, 0.15) is 58.6 Å². The number of anilines is 1. The molecular weight excluding hydrogens is 749 g/mol. The van der Waals surface area contributed by atoms with Gasteiger partial charge in [-0.1, -0.05) is 48.7 Å². The zero-order valence-electron chi connectivity index (χ0n) is 28.6. The number of carbonyl (C=O) groups is 2. The van der Waals surface area contributed by atoms with Crippen LogP contribution in [0.15, 0.2) is 65.6 Å². The van der Waals surface area contributed by atoms with Crippen molar-refractivity contribution in [2.75, 3.05) is 25.0 Å². The molecule has 54 heavy (non-hydrogen) atoms. The lowest BCUT2D eigenvalue weighted by Gasteiger charge is -2.38. The molecule has 5 aromatic rings. The second kappa shape index (κ2) is 15.0. The van der Waals surface area contributed by atoms with E-state index in [0.29, 0.717) is 11.3 Å². The maximum absolute atomic E-state index is 14.4. The summed E-state index contributed by atoms with van der Waals surface area (Å²) in [6.07, 6.45) is 0.0192. The van der Waals surface area contributed by atoms with Crippen LogP contribution in [-0.2, 0) is 40.9 Å². The van der Waals surface area contributed by atoms with Crippen LogP contribution in [0.4, 0.5) is 18.9 Å². The van der Waals surface area contributed by atoms with Crippen molar-refractivity contribution in [3.8, 4) is 17.1 Å². The zero-order chi connectivity index (χ0) is 38.2. The number of likely N-dealkylation sites (tertiary alicyclic amines) is 1. The van der Waals surface area contributed by atoms with E-state index in [4.69, 9.17) is 21.3 Å². The molecule has 3 N–H and O–H groups in total. The third-order valence-corrected chi connectivity index (χ3v) is 10.3. The lowest BCUT2D eigenvalue weighted by molar-refractivity contribution is -0.137. The highest BCUT2D eigenvalue weighted by Crippen LogP contribution is 2.43. The fourth-order valence-electron chi connectivity index (χ4n) is 6.93. The zero-order valence-corrected chi connectivity index (χ0v) is 30.2. The number of halogens is 4. The van der Waals surface area contributed by atoms with Crippen LogP contribution in [-0.4, -0.2) is 65.6 Å². The molecule has 0 unspecified atom stereocenters. The maximum atomic E-state index is 14.4. The molecule has 2 aliphatic rings. The summed E-state index contributed by atoms with van der Waals surface area (Å²) in [6, 6.07) is 13.2. The van der Waals surface area contributed by atoms with Gasteiger partial charge in [-0.05, 0) is 68.0 Å². The molecule has 0 aliphatic carbocycles. The largest absolute Gasteiger partial charge is 0.505 e. The first kappa shape index (κ1) is 37.3. The Bertz CT molecular complexity index is 2290. The number of pyridine rings is 1. The number of hydrogen-bond acceptors (Lipinski definition) is 10. The Balaban J connectivity index is 1.23. The van der Waals surface area contributed by atoms with E-state index in [-0.39, 0.29) is 71.9 Å². The van der Waals surface area contributed by atoms with Gasteiger partial charge in [0.1, 0.15) is 17.9 Å². The van der Waals surface area contributed by atoms with Crippen molar-refractivity contribution in [1.29, 1.82) is 0 Å². The van der Waals surface area contributed by atoms with Gasteiger partial charge in [0, 0.05) is 31.4 Å². The second-order valence-electron chi connectivity index (χ2n) is 13.1. The minimum atomic E-state index is -4.62. The van der Waals surface area contributed by atoms with Crippen molar-refractivity contribution in [3.05, 3.63) is 104 Å². The smallest absolute Gasteiger partial charge is 0.416 e. The first-order chi connectivity index (χ1) is 25.9. The number of benzene rings is 2. The molecule has 282 valence electrons. The van der Waals surface area contributed by atoms with Crippen LogP contribution < -0.4 is 15.6 Å². The summed E-state index contributed by atoms with van der Waals surface area (Å²) in [5, 5.41) is 17.1. The lowest BCUT2D eigenvalue weighted by Crippen LogP contribution is -2.47. The number of nitrogens with zero attached hydrogens (tertiary/aromatic N) is 6. The standard InChI is InChI=1S/C36H34ClF3N8O5S/c37-24-18-23(36(38,39)40)10-11-25(24)43-28(50)19-47-26-20-53-35(12-16-46(17-13-35)33(52)30-27(49)5-3-14-41-30)29(26)32(51)48-34(47)44-31(45-48)22-8-6-21(7-9-22)4-1-2-15-42-54/h3,5-11,14,18,42,49,54H,1-2,4,12-13,15-17,19-20H2,(H,43,50). The van der Waals surface area contributed by atoms with Crippen molar-refractivity contribution < 1.29 is 32.6 Å². The number of thiol groups is 1. The van der Waals surface area contributed by atoms with Gasteiger partial charge >= 0.3 is 6.18 Å². The molecule has 0 bridgehead atoms. The Morgan fingerprint density at radius 3 is 2.52 bits per heavy atom. The third kappa shape index (κ3) is 7.28. The van der Waals surface area contributed by atoms with E-state index in [0.717, 1.165) is 54.1 Å². The van der Waals surface area contributed by atoms with Crippen molar-refractivity contribution in [2.24, 2.45) is 0 Å². The van der Waals surface area contributed by atoms with E-state index in [1.54, 1.807) is 0 Å². The van der Waals surface area contributed by atoms with Crippen molar-refractivity contribution in [1.82, 2.24) is 33.8 Å². The number of aryl methyl sites for hydroxylation is 1. The predicted molar refractivity (Wildman–Crippen MR) is 195 cm³/mol. The lowest BCUT2D eigenvalue weighted by atomic mass is 9.85. The monoisotopic (exact) mass is 782 g/mol. The van der Waals surface area contributed by atoms with Crippen LogP contribution in [0.2, 0.25) is 5.02 Å². The van der Waals surface area contributed by atoms with E-state index in [9.17, 15) is 32.7 Å². The van der Waals surface area contributed by atoms with Gasteiger partial charge < -0.3 is 24.6 Å². The minimum Gasteiger partial charge on any atom is -0.505 e. The number of rotatable bonds is 10. The second-order valence-corrected chi connectivity index (χ2v) is 13.8. The molecule has 0 saturated carbocycles. The van der Waals surface area contributed by atoms with E-state index in [1.807, 2.05) is 24.3 Å². The number of alkyl halides is 3. The topological polar surface area (TPSA) is 156 Å². The summed E-state index contributed by atoms with van der Waals surface area (Å²) in [5.41, 5.74) is -0.298. The number of aromatic nitrogens is 5. The van der Waals surface area contributed by atoms with Gasteiger partial charge in [0.15, 0.2) is 11.5 Å². The molecule has 2 amide bonds. The number of aromatic hydroxyl groups is 1. The summed E-state index contributed by atoms with van der Waals surface area (Å²) in [5.74, 6) is -1.06. The van der Waals surface area contributed by atoms with Gasteiger partial charge in [0.25, 0.3) is 11.5 Å². The molecular formula is C36H34ClF3N8O5S. The highest BCUT2D eigenvalue weighted by molar-refractivity contribution is 7.78. The molecule has 0 radical (unpaired) electrons. The number of hydrogen-bond donors (Lipinski definition) is 4. The van der Waals surface area contributed by atoms with Crippen LogP contribution in [0.5, 0.6) is 5.75 Å². The number of fused-ring (bicyclic) bond motifs is 3. The molecule has 1 saturated heterocycles. The Morgan fingerprint density at radius 1 is 1.07 bits per heavy atom. The Hall–Kier alpha value is -4.97. The molecule has 3 aromatic heterocycles. The number of nitrogens with one attached hydrogen (secondary N) is 2. The van der Waals surface area contributed by atoms with Gasteiger partial charge in [-0.3, -0.25) is 19.1 Å². The molecule has 1 fully saturated rings. The number of piperidine rings is 1. The van der Waals surface area contributed by atoms with Crippen molar-refractivity contribution in [3.63, 3.8) is 0 Å². The fourth-order valence-corrected chi connectivity index (χ4v) is 7.32. The van der Waals surface area contributed by atoms with Crippen LogP contribution in [0.3, 0.4) is 0 Å². The highest BCUT2D eigenvalue weighted by Gasteiger charge is 2.48. The summed E-state index contributed by atoms with van der Waals surface area (Å²) >= 11 is 10.2. The normalized spacial score (nSPS) is 15.2. The molecule has 0 atom stereocenters. The average Bonchev–Trinajstić information content (AvgIpc) is 3.76. The average molecular weight is 783 g/mol. The predicted octanol–water partition coefficient (Wildman–Crippen LogP) is 5.39. The summed E-state index contributed by atoms with van der Waals surface area (Å²) in [6.45, 7) is 0.675. The summed E-state index contributed by atoms with van der Waals surface area (Å²) in [4.78, 5) is 51.4. The van der Waals surface area contributed by atoms with Crippen molar-refractivity contribution >= 4 is 47.7 Å². The minimum absolute atomic E-state index is 0.0313. The molecule has 2 aromatic carbocycles. The van der Waals surface area contributed by atoms with Crippen LogP contribution >= 0.6 is 24.4 Å². The number of unbranched alkanes of at least 4 members (excludes halogenated alkanes) is 1. The number of carbonyl (C=O) groups excluding carboxylic acids is 2. The number of amides is 2. The number of ether oxygens (including phenoxy) is 1. The molecule has 13 nitrogen and oxygen atoms in total. The van der Waals surface area contributed by atoms with Crippen LogP contribution in [0, 0.1) is 0 Å². The highest BCUT2D eigenvalue weighted by atomic mass is 35.5. The Morgan fingerprint density at radius 2 is 1.83 bits per heavy atom. The van der Waals surface area contributed by atoms with Gasteiger partial charge in [-0.2, -0.15) is 22.7 Å². The SMILES string of the molecule is O=C(Cn1c2c(c(=O)n3nc(-c4ccc(CCCCNS)cc4)nc13)C1(CCN(C(=O)c3ncccc3O)CC1)OC2)Nc1ccc(C(F)(F)F)cc1Cl. The summed E-state index contributed by atoms with van der Waals surface area (Å²) < 4.78 is 51.6. The molecule has 2 aliphatic heterocycles. The van der Waals surface area contributed by atoms with E-state index >= 15 is 0 Å². The van der Waals surface area contributed by atoms with Gasteiger partial charge in [-0.15, -0.1) is 5.10 Å². The first-order valence-corrected chi connectivity index (χ1v) is 17.9. The maximum Gasteiger partial charge on any atom is 0.416 e. The molecule has 1 spiro atoms. The Labute approximate surface area is 316 Å². The van der Waals surface area contributed by atoms with E-state index in [2.05, 4.69) is 32.9 Å². The van der Waals surface area contributed by atoms with E-state index in [1.165, 1.54) is 27.8 Å².